The first kappa shape index (κ1) is 9.71. The van der Waals surface area contributed by atoms with Gasteiger partial charge >= 0.3 is 5.97 Å². The minimum atomic E-state index is -0.977. The molecule has 1 amide bonds. The van der Waals surface area contributed by atoms with E-state index in [0.29, 0.717) is 0 Å². The zero-order chi connectivity index (χ0) is 10.8. The fourth-order valence-corrected chi connectivity index (χ4v) is 1.89. The molecule has 0 bridgehead atoms. The Morgan fingerprint density at radius 2 is 2.00 bits per heavy atom. The summed E-state index contributed by atoms with van der Waals surface area (Å²) in [6.07, 6.45) is 0.251. The van der Waals surface area contributed by atoms with Gasteiger partial charge in [-0.25, -0.2) is 4.79 Å². The van der Waals surface area contributed by atoms with Crippen molar-refractivity contribution in [3.63, 3.8) is 0 Å². The molecule has 15 heavy (non-hydrogen) atoms. The molecule has 0 saturated carbocycles. The second-order valence-electron chi connectivity index (χ2n) is 3.60. The molecule has 4 nitrogen and oxygen atoms in total. The number of carboxylic acids is 1. The van der Waals surface area contributed by atoms with Crippen molar-refractivity contribution < 1.29 is 14.7 Å². The molecule has 1 aromatic rings. The van der Waals surface area contributed by atoms with Crippen LogP contribution in [0.3, 0.4) is 0 Å². The Balaban J connectivity index is 2.28. The molecule has 1 aromatic carbocycles. The Labute approximate surface area is 86.9 Å². The maximum atomic E-state index is 11.2. The predicted molar refractivity (Wildman–Crippen MR) is 53.4 cm³/mol. The second kappa shape index (κ2) is 3.73. The number of hydrogen-bond donors (Lipinski definition) is 2. The van der Waals surface area contributed by atoms with Gasteiger partial charge in [-0.05, 0) is 5.56 Å². The van der Waals surface area contributed by atoms with Crippen LogP contribution in [0.1, 0.15) is 17.9 Å². The molecule has 0 radical (unpaired) electrons. The Morgan fingerprint density at radius 3 is 2.60 bits per heavy atom. The first-order chi connectivity index (χ1) is 7.18. The Hall–Kier alpha value is -1.84. The lowest BCUT2D eigenvalue weighted by Gasteiger charge is -2.14. The van der Waals surface area contributed by atoms with Gasteiger partial charge in [-0.15, -0.1) is 0 Å². The van der Waals surface area contributed by atoms with Crippen LogP contribution in [0.25, 0.3) is 0 Å². The van der Waals surface area contributed by atoms with Gasteiger partial charge in [0.2, 0.25) is 5.91 Å². The Bertz CT molecular complexity index is 388. The van der Waals surface area contributed by atoms with Gasteiger partial charge in [-0.2, -0.15) is 0 Å². The molecule has 1 aliphatic heterocycles. The summed E-state index contributed by atoms with van der Waals surface area (Å²) in [7, 11) is 0. The first-order valence-corrected chi connectivity index (χ1v) is 4.75. The molecule has 4 heteroatoms. The van der Waals surface area contributed by atoms with Crippen molar-refractivity contribution in [1.29, 1.82) is 0 Å². The van der Waals surface area contributed by atoms with Gasteiger partial charge in [0.25, 0.3) is 0 Å². The summed E-state index contributed by atoms with van der Waals surface area (Å²) in [5.74, 6) is -1.43. The third-order valence-corrected chi connectivity index (χ3v) is 2.62. The van der Waals surface area contributed by atoms with E-state index >= 15 is 0 Å². The third kappa shape index (κ3) is 1.83. The molecule has 1 saturated heterocycles. The molecular weight excluding hydrogens is 194 g/mol. The molecule has 1 fully saturated rings. The number of aliphatic carboxylic acids is 1. The zero-order valence-electron chi connectivity index (χ0n) is 8.01. The van der Waals surface area contributed by atoms with E-state index < -0.39 is 12.0 Å². The average molecular weight is 205 g/mol. The van der Waals surface area contributed by atoms with Gasteiger partial charge in [0, 0.05) is 12.3 Å². The maximum absolute atomic E-state index is 11.2. The number of carboxylic acid groups (broad SMARTS) is 1. The summed E-state index contributed by atoms with van der Waals surface area (Å²) >= 11 is 0. The number of carbonyl (C=O) groups is 2. The van der Waals surface area contributed by atoms with Crippen molar-refractivity contribution in [2.45, 2.75) is 18.4 Å². The van der Waals surface area contributed by atoms with Crippen LogP contribution in [-0.4, -0.2) is 23.0 Å². The summed E-state index contributed by atoms with van der Waals surface area (Å²) in [6.45, 7) is 0. The van der Waals surface area contributed by atoms with Crippen LogP contribution in [-0.2, 0) is 9.59 Å². The number of benzene rings is 1. The van der Waals surface area contributed by atoms with Gasteiger partial charge in [0.15, 0.2) is 0 Å². The number of hydrogen-bond acceptors (Lipinski definition) is 2. The van der Waals surface area contributed by atoms with Gasteiger partial charge in [-0.3, -0.25) is 4.79 Å². The number of amides is 1. The summed E-state index contributed by atoms with van der Waals surface area (Å²) in [5, 5.41) is 11.4. The fraction of sp³-hybridized carbons (Fsp3) is 0.273. The molecule has 2 N–H and O–H groups in total. The summed E-state index contributed by atoms with van der Waals surface area (Å²) < 4.78 is 0. The summed E-state index contributed by atoms with van der Waals surface area (Å²) in [4.78, 5) is 22.1. The molecule has 2 atom stereocenters. The average Bonchev–Trinajstić information content (AvgIpc) is 2.62. The highest BCUT2D eigenvalue weighted by Crippen LogP contribution is 2.28. The van der Waals surface area contributed by atoms with E-state index in [9.17, 15) is 9.59 Å². The lowest BCUT2D eigenvalue weighted by molar-refractivity contribution is -0.140. The molecule has 0 aromatic heterocycles. The maximum Gasteiger partial charge on any atom is 0.326 e. The lowest BCUT2D eigenvalue weighted by atomic mass is 9.92. The molecular formula is C11H11NO3. The SMILES string of the molecule is O=C1C[C@@H](c2ccccc2)[C@H](C(=O)O)N1. The molecule has 1 heterocycles. The van der Waals surface area contributed by atoms with Crippen LogP contribution >= 0.6 is 0 Å². The standard InChI is InChI=1S/C11H11NO3/c13-9-6-8(10(12-9)11(14)15)7-4-2-1-3-5-7/h1-5,8,10H,6H2,(H,12,13)(H,14,15)/t8-,10+/m0/s1. The largest absolute Gasteiger partial charge is 0.480 e. The monoisotopic (exact) mass is 205 g/mol. The topological polar surface area (TPSA) is 66.4 Å². The van der Waals surface area contributed by atoms with Gasteiger partial charge in [0.1, 0.15) is 6.04 Å². The van der Waals surface area contributed by atoms with E-state index in [2.05, 4.69) is 5.32 Å². The lowest BCUT2D eigenvalue weighted by Crippen LogP contribution is -2.35. The molecule has 0 unspecified atom stereocenters. The van der Waals surface area contributed by atoms with Crippen LogP contribution in [0.15, 0.2) is 30.3 Å². The van der Waals surface area contributed by atoms with Gasteiger partial charge in [-0.1, -0.05) is 30.3 Å². The molecule has 0 aliphatic carbocycles. The predicted octanol–water partition coefficient (Wildman–Crippen LogP) is 0.743. The van der Waals surface area contributed by atoms with Crippen LogP contribution in [0, 0.1) is 0 Å². The van der Waals surface area contributed by atoms with E-state index in [0.717, 1.165) is 5.56 Å². The quantitative estimate of drug-likeness (QED) is 0.748. The summed E-state index contributed by atoms with van der Waals surface area (Å²) in [5.41, 5.74) is 0.892. The van der Waals surface area contributed by atoms with Crippen LogP contribution in [0.2, 0.25) is 0 Å². The molecule has 78 valence electrons. The highest BCUT2D eigenvalue weighted by Gasteiger charge is 2.38. The summed E-state index contributed by atoms with van der Waals surface area (Å²) in [6, 6.07) is 8.46. The smallest absolute Gasteiger partial charge is 0.326 e. The van der Waals surface area contributed by atoms with Crippen molar-refractivity contribution in [3.8, 4) is 0 Å². The number of rotatable bonds is 2. The first-order valence-electron chi connectivity index (χ1n) is 4.75. The molecule has 0 spiro atoms. The Morgan fingerprint density at radius 1 is 1.33 bits per heavy atom. The van der Waals surface area contributed by atoms with E-state index in [1.807, 2.05) is 30.3 Å². The van der Waals surface area contributed by atoms with Gasteiger partial charge < -0.3 is 10.4 Å². The van der Waals surface area contributed by atoms with E-state index in [4.69, 9.17) is 5.11 Å². The highest BCUT2D eigenvalue weighted by molar-refractivity contribution is 5.89. The van der Waals surface area contributed by atoms with Crippen molar-refractivity contribution in [2.75, 3.05) is 0 Å². The van der Waals surface area contributed by atoms with Gasteiger partial charge in [0.05, 0.1) is 0 Å². The van der Waals surface area contributed by atoms with E-state index in [1.165, 1.54) is 0 Å². The van der Waals surface area contributed by atoms with Crippen molar-refractivity contribution >= 4 is 11.9 Å². The van der Waals surface area contributed by atoms with Crippen LogP contribution in [0.4, 0.5) is 0 Å². The van der Waals surface area contributed by atoms with E-state index in [-0.39, 0.29) is 18.2 Å². The molecule has 1 aliphatic rings. The zero-order valence-corrected chi connectivity index (χ0v) is 8.01. The van der Waals surface area contributed by atoms with Crippen LogP contribution < -0.4 is 5.32 Å². The minimum Gasteiger partial charge on any atom is -0.480 e. The Kier molecular flexibility index (Phi) is 2.41. The van der Waals surface area contributed by atoms with E-state index in [1.54, 1.807) is 0 Å². The van der Waals surface area contributed by atoms with Crippen molar-refractivity contribution in [1.82, 2.24) is 5.32 Å². The van der Waals surface area contributed by atoms with Crippen LogP contribution in [0.5, 0.6) is 0 Å². The molecule has 2 rings (SSSR count). The normalized spacial score (nSPS) is 24.9. The number of carbonyl (C=O) groups excluding carboxylic acids is 1. The highest BCUT2D eigenvalue weighted by atomic mass is 16.4. The minimum absolute atomic E-state index is 0.198. The van der Waals surface area contributed by atoms with Crippen molar-refractivity contribution in [3.05, 3.63) is 35.9 Å². The second-order valence-corrected chi connectivity index (χ2v) is 3.60. The fourth-order valence-electron chi connectivity index (χ4n) is 1.89. The van der Waals surface area contributed by atoms with Crippen molar-refractivity contribution in [2.24, 2.45) is 0 Å². The number of nitrogens with one attached hydrogen (secondary N) is 1. The third-order valence-electron chi connectivity index (χ3n) is 2.62.